The average Bonchev–Trinajstić information content (AvgIpc) is 3.23. The zero-order chi connectivity index (χ0) is 28.4. The van der Waals surface area contributed by atoms with E-state index >= 15 is 0 Å². The van der Waals surface area contributed by atoms with Crippen LogP contribution in [0.25, 0.3) is 0 Å². The fraction of sp³-hybridized carbons (Fsp3) is 0.848. The number of rotatable bonds is 11. The van der Waals surface area contributed by atoms with Crippen LogP contribution in [0.2, 0.25) is 0 Å². The number of ether oxygens (including phenoxy) is 1. The molecule has 0 radical (unpaired) electrons. The monoisotopic (exact) mass is 543 g/mol. The normalized spacial score (nSPS) is 36.3. The van der Waals surface area contributed by atoms with E-state index in [4.69, 9.17) is 9.84 Å². The van der Waals surface area contributed by atoms with E-state index < -0.39 is 18.4 Å². The Hall–Kier alpha value is -1.85. The Labute approximate surface area is 236 Å². The highest BCUT2D eigenvalue weighted by molar-refractivity contribution is 5.84. The molecular weight excluding hydrogens is 490 g/mol. The molecule has 4 aliphatic rings. The summed E-state index contributed by atoms with van der Waals surface area (Å²) in [6.45, 7) is 11.9. The van der Waals surface area contributed by atoms with E-state index in [-0.39, 0.29) is 30.3 Å². The minimum atomic E-state index is -1.10. The molecule has 39 heavy (non-hydrogen) atoms. The quantitative estimate of drug-likeness (QED) is 0.218. The van der Waals surface area contributed by atoms with Gasteiger partial charge >= 0.3 is 11.9 Å². The number of carbonyl (C=O) groups is 3. The van der Waals surface area contributed by atoms with Crippen LogP contribution in [0.3, 0.4) is 0 Å². The van der Waals surface area contributed by atoms with Crippen LogP contribution >= 0.6 is 0 Å². The number of hydrogen-bond acceptors (Lipinski definition) is 4. The third-order valence-corrected chi connectivity index (χ3v) is 11.6. The lowest BCUT2D eigenvalue weighted by Crippen LogP contribution is -2.51. The third-order valence-electron chi connectivity index (χ3n) is 11.6. The van der Waals surface area contributed by atoms with Crippen LogP contribution in [0.4, 0.5) is 0 Å². The third kappa shape index (κ3) is 6.56. The topological polar surface area (TPSA) is 92.7 Å². The predicted molar refractivity (Wildman–Crippen MR) is 153 cm³/mol. The van der Waals surface area contributed by atoms with Gasteiger partial charge in [0.2, 0.25) is 5.91 Å². The van der Waals surface area contributed by atoms with Crippen LogP contribution in [0.5, 0.6) is 0 Å². The van der Waals surface area contributed by atoms with E-state index in [0.717, 1.165) is 54.8 Å². The van der Waals surface area contributed by atoms with Gasteiger partial charge in [-0.2, -0.15) is 0 Å². The summed E-state index contributed by atoms with van der Waals surface area (Å²) < 4.78 is 5.79. The lowest BCUT2D eigenvalue weighted by molar-refractivity contribution is -0.152. The van der Waals surface area contributed by atoms with E-state index in [2.05, 4.69) is 46.0 Å². The van der Waals surface area contributed by atoms with Gasteiger partial charge in [0.25, 0.3) is 0 Å². The lowest BCUT2D eigenvalue weighted by Gasteiger charge is -2.58. The Morgan fingerprint density at radius 1 is 1.03 bits per heavy atom. The number of carbonyl (C=O) groups excluding carboxylic acids is 2. The number of fused-ring (bicyclic) bond motifs is 5. The van der Waals surface area contributed by atoms with Crippen molar-refractivity contribution in [1.29, 1.82) is 0 Å². The second kappa shape index (κ2) is 12.3. The molecule has 0 bridgehead atoms. The Bertz CT molecular complexity index is 942. The standard InChI is InChI=1S/C33H53NO5/c1-21(2)7-6-8-22(3)26-11-12-27-25-10-9-23-19-24(39-31(38)14-13-29(35)34-20-30(36)37)15-17-32(23,4)28(25)16-18-33(26,27)5/h9,21-22,24-28H,6-8,10-20H2,1-5H3,(H,34,35)(H,36,37)/t22-,24?,25?,26-,27?,28?,32+,33-/m1/s1. The van der Waals surface area contributed by atoms with Crippen molar-refractivity contribution in [1.82, 2.24) is 5.32 Å². The highest BCUT2D eigenvalue weighted by atomic mass is 16.5. The molecule has 4 unspecified atom stereocenters. The first-order chi connectivity index (χ1) is 18.4. The van der Waals surface area contributed by atoms with Crippen LogP contribution in [0, 0.1) is 46.3 Å². The highest BCUT2D eigenvalue weighted by Crippen LogP contribution is 2.67. The molecule has 4 aliphatic carbocycles. The maximum Gasteiger partial charge on any atom is 0.322 e. The maximum atomic E-state index is 12.4. The highest BCUT2D eigenvalue weighted by Gasteiger charge is 2.59. The van der Waals surface area contributed by atoms with Gasteiger partial charge in [-0.25, -0.2) is 0 Å². The summed E-state index contributed by atoms with van der Waals surface area (Å²) >= 11 is 0. The Balaban J connectivity index is 1.33. The number of carboxylic acid groups (broad SMARTS) is 1. The van der Waals surface area contributed by atoms with Crippen LogP contribution in [-0.4, -0.2) is 35.6 Å². The number of nitrogens with one attached hydrogen (secondary N) is 1. The smallest absolute Gasteiger partial charge is 0.322 e. The zero-order valence-electron chi connectivity index (χ0n) is 25.1. The number of carboxylic acids is 1. The molecule has 0 aliphatic heterocycles. The van der Waals surface area contributed by atoms with Crippen LogP contribution in [0.1, 0.15) is 118 Å². The lowest BCUT2D eigenvalue weighted by atomic mass is 9.47. The molecule has 0 saturated heterocycles. The molecule has 4 rings (SSSR count). The van der Waals surface area contributed by atoms with Gasteiger partial charge in [0.15, 0.2) is 0 Å². The van der Waals surface area contributed by atoms with Crippen molar-refractivity contribution in [3.05, 3.63) is 11.6 Å². The van der Waals surface area contributed by atoms with Crippen molar-refractivity contribution < 1.29 is 24.2 Å². The first kappa shape index (κ1) is 30.1. The maximum absolute atomic E-state index is 12.4. The molecule has 220 valence electrons. The van der Waals surface area contributed by atoms with Gasteiger partial charge in [0.1, 0.15) is 12.6 Å². The van der Waals surface area contributed by atoms with Gasteiger partial charge in [-0.1, -0.05) is 65.5 Å². The molecular formula is C33H53NO5. The summed E-state index contributed by atoms with van der Waals surface area (Å²) in [5.41, 5.74) is 2.20. The summed E-state index contributed by atoms with van der Waals surface area (Å²) in [5, 5.41) is 11.0. The largest absolute Gasteiger partial charge is 0.480 e. The Kier molecular flexibility index (Phi) is 9.53. The number of amides is 1. The van der Waals surface area contributed by atoms with Crippen molar-refractivity contribution >= 4 is 17.8 Å². The number of aliphatic carboxylic acids is 1. The first-order valence-electron chi connectivity index (χ1n) is 15.8. The molecule has 8 atom stereocenters. The van der Waals surface area contributed by atoms with Gasteiger partial charge in [-0.15, -0.1) is 0 Å². The molecule has 6 heteroatoms. The predicted octanol–water partition coefficient (Wildman–Crippen LogP) is 6.92. The fourth-order valence-corrected chi connectivity index (χ4v) is 9.48. The summed E-state index contributed by atoms with van der Waals surface area (Å²) in [5.74, 6) is 2.97. The SMILES string of the molecule is CC(C)CCC[C@@H](C)[C@H]1CCC2C3CC=C4CC(OC(=O)CCC(=O)NCC(=O)O)CC[C@]4(C)C3CC[C@@]21C. The van der Waals surface area contributed by atoms with E-state index in [0.29, 0.717) is 5.41 Å². The Morgan fingerprint density at radius 3 is 2.51 bits per heavy atom. The second-order valence-electron chi connectivity index (χ2n) is 14.3. The molecule has 0 heterocycles. The summed E-state index contributed by atoms with van der Waals surface area (Å²) in [7, 11) is 0. The second-order valence-corrected chi connectivity index (χ2v) is 14.3. The van der Waals surface area contributed by atoms with Crippen molar-refractivity contribution in [2.24, 2.45) is 46.3 Å². The molecule has 1 amide bonds. The molecule has 0 aromatic carbocycles. The fourth-order valence-electron chi connectivity index (χ4n) is 9.48. The van der Waals surface area contributed by atoms with Crippen LogP contribution < -0.4 is 5.32 Å². The molecule has 2 N–H and O–H groups in total. The van der Waals surface area contributed by atoms with Crippen LogP contribution in [-0.2, 0) is 19.1 Å². The zero-order valence-corrected chi connectivity index (χ0v) is 25.1. The molecule has 6 nitrogen and oxygen atoms in total. The van der Waals surface area contributed by atoms with Crippen molar-refractivity contribution in [2.45, 2.75) is 124 Å². The van der Waals surface area contributed by atoms with E-state index in [1.54, 1.807) is 0 Å². The minimum Gasteiger partial charge on any atom is -0.480 e. The molecule has 0 aromatic heterocycles. The summed E-state index contributed by atoms with van der Waals surface area (Å²) in [4.78, 5) is 34.8. The molecule has 0 spiro atoms. The van der Waals surface area contributed by atoms with Gasteiger partial charge < -0.3 is 15.2 Å². The summed E-state index contributed by atoms with van der Waals surface area (Å²) in [6.07, 6.45) is 15.9. The molecule has 3 saturated carbocycles. The van der Waals surface area contributed by atoms with Crippen LogP contribution in [0.15, 0.2) is 11.6 Å². The number of hydrogen-bond donors (Lipinski definition) is 2. The molecule has 3 fully saturated rings. The van der Waals surface area contributed by atoms with Gasteiger partial charge in [-0.05, 0) is 91.3 Å². The van der Waals surface area contributed by atoms with Crippen molar-refractivity contribution in [3.63, 3.8) is 0 Å². The van der Waals surface area contributed by atoms with Crippen molar-refractivity contribution in [2.75, 3.05) is 6.54 Å². The first-order valence-corrected chi connectivity index (χ1v) is 15.8. The Morgan fingerprint density at radius 2 is 1.79 bits per heavy atom. The summed E-state index contributed by atoms with van der Waals surface area (Å²) in [6, 6.07) is 0. The minimum absolute atomic E-state index is 0.0136. The van der Waals surface area contributed by atoms with E-state index in [1.807, 2.05) is 0 Å². The van der Waals surface area contributed by atoms with Gasteiger partial charge in [-0.3, -0.25) is 14.4 Å². The van der Waals surface area contributed by atoms with Crippen molar-refractivity contribution in [3.8, 4) is 0 Å². The average molecular weight is 544 g/mol. The van der Waals surface area contributed by atoms with Gasteiger partial charge in [0.05, 0.1) is 6.42 Å². The van der Waals surface area contributed by atoms with Gasteiger partial charge in [0, 0.05) is 12.8 Å². The van der Waals surface area contributed by atoms with E-state index in [9.17, 15) is 14.4 Å². The van der Waals surface area contributed by atoms with E-state index in [1.165, 1.54) is 56.9 Å². The molecule has 0 aromatic rings. The number of esters is 1. The number of allylic oxidation sites excluding steroid dienone is 1.